The second-order valence-electron chi connectivity index (χ2n) is 4.84. The van der Waals surface area contributed by atoms with E-state index < -0.39 is 0 Å². The van der Waals surface area contributed by atoms with E-state index in [1.807, 2.05) is 25.1 Å². The van der Waals surface area contributed by atoms with Crippen molar-refractivity contribution in [3.8, 4) is 0 Å². The summed E-state index contributed by atoms with van der Waals surface area (Å²) in [6.45, 7) is 4.87. The fourth-order valence-electron chi connectivity index (χ4n) is 2.31. The second-order valence-corrected chi connectivity index (χ2v) is 6.94. The van der Waals surface area contributed by atoms with E-state index in [1.165, 1.54) is 11.5 Å². The summed E-state index contributed by atoms with van der Waals surface area (Å²) in [6.07, 6.45) is 0.838. The molecule has 0 amide bonds. The predicted molar refractivity (Wildman–Crippen MR) is 88.9 cm³/mol. The number of aliphatic hydroxyl groups is 1. The van der Waals surface area contributed by atoms with Gasteiger partial charge in [-0.2, -0.15) is 4.37 Å². The first kappa shape index (κ1) is 16.4. The molecular formula is C15H21N3OS2. The van der Waals surface area contributed by atoms with Gasteiger partial charge in [-0.25, -0.2) is 4.98 Å². The van der Waals surface area contributed by atoms with E-state index >= 15 is 0 Å². The Hall–Kier alpha value is -0.950. The van der Waals surface area contributed by atoms with E-state index in [2.05, 4.69) is 33.7 Å². The average molecular weight is 323 g/mol. The van der Waals surface area contributed by atoms with Crippen LogP contribution in [0.3, 0.4) is 0 Å². The molecule has 1 atom stereocenters. The number of likely N-dealkylation sites (N-methyl/N-ethyl adjacent to an activating group) is 1. The van der Waals surface area contributed by atoms with Crippen molar-refractivity contribution >= 4 is 23.3 Å². The molecule has 0 aliphatic carbocycles. The normalized spacial score (nSPS) is 14.0. The van der Waals surface area contributed by atoms with E-state index in [0.29, 0.717) is 0 Å². The van der Waals surface area contributed by atoms with Gasteiger partial charge in [0.15, 0.2) is 4.34 Å². The Labute approximate surface area is 134 Å². The van der Waals surface area contributed by atoms with Crippen LogP contribution < -0.4 is 5.32 Å². The summed E-state index contributed by atoms with van der Waals surface area (Å²) in [5.41, 5.74) is 0.742. The van der Waals surface area contributed by atoms with Crippen LogP contribution in [0.15, 0.2) is 34.7 Å². The Bertz CT molecular complexity index is 547. The van der Waals surface area contributed by atoms with Crippen molar-refractivity contribution in [2.45, 2.75) is 30.1 Å². The minimum Gasteiger partial charge on any atom is -0.394 e. The molecule has 0 saturated heterocycles. The molecule has 1 unspecified atom stereocenters. The highest BCUT2D eigenvalue weighted by molar-refractivity contribution is 8.00. The van der Waals surface area contributed by atoms with Crippen LogP contribution in [0.1, 0.15) is 24.7 Å². The molecule has 0 bridgehead atoms. The minimum absolute atomic E-state index is 0.0839. The molecule has 4 nitrogen and oxygen atoms in total. The van der Waals surface area contributed by atoms with Crippen molar-refractivity contribution in [1.29, 1.82) is 0 Å². The summed E-state index contributed by atoms with van der Waals surface area (Å²) >= 11 is 3.13. The van der Waals surface area contributed by atoms with Crippen LogP contribution in [0.2, 0.25) is 0 Å². The smallest absolute Gasteiger partial charge is 0.170 e. The van der Waals surface area contributed by atoms with Crippen molar-refractivity contribution < 1.29 is 5.11 Å². The Kier molecular flexibility index (Phi) is 6.17. The Morgan fingerprint density at radius 2 is 2.10 bits per heavy atom. The zero-order valence-electron chi connectivity index (χ0n) is 12.4. The van der Waals surface area contributed by atoms with Gasteiger partial charge in [0, 0.05) is 5.75 Å². The zero-order chi connectivity index (χ0) is 15.1. The third-order valence-electron chi connectivity index (χ3n) is 3.37. The predicted octanol–water partition coefficient (Wildman–Crippen LogP) is 2.83. The Morgan fingerprint density at radius 3 is 2.67 bits per heavy atom. The molecule has 114 valence electrons. The van der Waals surface area contributed by atoms with E-state index in [4.69, 9.17) is 0 Å². The lowest BCUT2D eigenvalue weighted by Gasteiger charge is -2.33. The van der Waals surface area contributed by atoms with Crippen molar-refractivity contribution in [3.63, 3.8) is 0 Å². The fraction of sp³-hybridized carbons (Fsp3) is 0.467. The van der Waals surface area contributed by atoms with Gasteiger partial charge in [0.2, 0.25) is 0 Å². The highest BCUT2D eigenvalue weighted by atomic mass is 32.2. The van der Waals surface area contributed by atoms with Crippen LogP contribution in [0.4, 0.5) is 0 Å². The van der Waals surface area contributed by atoms with Gasteiger partial charge >= 0.3 is 0 Å². The van der Waals surface area contributed by atoms with Gasteiger partial charge < -0.3 is 10.4 Å². The number of aryl methyl sites for hydroxylation is 1. The number of rotatable bonds is 8. The molecule has 0 aliphatic heterocycles. The summed E-state index contributed by atoms with van der Waals surface area (Å²) in [5, 5.41) is 13.4. The molecule has 2 aromatic rings. The molecule has 1 aromatic heterocycles. The van der Waals surface area contributed by atoms with Gasteiger partial charge in [-0.05, 0) is 37.0 Å². The Morgan fingerprint density at radius 1 is 1.33 bits per heavy atom. The average Bonchev–Trinajstić information content (AvgIpc) is 2.93. The fourth-order valence-corrected chi connectivity index (χ4v) is 4.12. The van der Waals surface area contributed by atoms with Gasteiger partial charge in [0.1, 0.15) is 5.82 Å². The lowest BCUT2D eigenvalue weighted by molar-refractivity contribution is 0.158. The molecule has 1 aromatic carbocycles. The van der Waals surface area contributed by atoms with Crippen molar-refractivity contribution in [3.05, 3.63) is 41.7 Å². The largest absolute Gasteiger partial charge is 0.394 e. The first-order chi connectivity index (χ1) is 10.2. The number of aromatic nitrogens is 2. The number of nitrogens with one attached hydrogen (secondary N) is 1. The molecule has 0 saturated carbocycles. The first-order valence-corrected chi connectivity index (χ1v) is 8.80. The van der Waals surface area contributed by atoms with Crippen molar-refractivity contribution in [1.82, 2.24) is 14.7 Å². The third-order valence-corrected chi connectivity index (χ3v) is 5.30. The number of nitrogens with zero attached hydrogens (tertiary/aromatic N) is 2. The highest BCUT2D eigenvalue weighted by Gasteiger charge is 2.30. The van der Waals surface area contributed by atoms with Gasteiger partial charge in [0.25, 0.3) is 0 Å². The van der Waals surface area contributed by atoms with Crippen LogP contribution in [-0.2, 0) is 5.54 Å². The number of benzene rings is 1. The summed E-state index contributed by atoms with van der Waals surface area (Å²) in [4.78, 5) is 4.36. The molecule has 0 aliphatic rings. The summed E-state index contributed by atoms with van der Waals surface area (Å²) < 4.78 is 5.18. The van der Waals surface area contributed by atoms with E-state index in [1.54, 1.807) is 11.8 Å². The van der Waals surface area contributed by atoms with Crippen LogP contribution in [0, 0.1) is 6.92 Å². The molecule has 2 rings (SSSR count). The molecule has 0 radical (unpaired) electrons. The maximum absolute atomic E-state index is 9.97. The minimum atomic E-state index is -0.386. The molecule has 6 heteroatoms. The van der Waals surface area contributed by atoms with Gasteiger partial charge in [0.05, 0.1) is 12.1 Å². The van der Waals surface area contributed by atoms with Crippen molar-refractivity contribution in [2.75, 3.05) is 18.9 Å². The first-order valence-electron chi connectivity index (χ1n) is 7.04. The number of aliphatic hydroxyl groups excluding tert-OH is 1. The summed E-state index contributed by atoms with van der Waals surface area (Å²) in [6, 6.07) is 10.2. The zero-order valence-corrected chi connectivity index (χ0v) is 14.0. The van der Waals surface area contributed by atoms with Crippen molar-refractivity contribution in [2.24, 2.45) is 0 Å². The van der Waals surface area contributed by atoms with Crippen LogP contribution in [0.5, 0.6) is 0 Å². The molecule has 0 spiro atoms. The van der Waals surface area contributed by atoms with Crippen LogP contribution in [-0.4, -0.2) is 33.4 Å². The number of hydrogen-bond donors (Lipinski definition) is 2. The SMILES string of the molecule is CCNC(CO)(CCSc1nc(C)ns1)c1ccccc1. The molecule has 1 heterocycles. The molecule has 2 N–H and O–H groups in total. The quantitative estimate of drug-likeness (QED) is 0.732. The lowest BCUT2D eigenvalue weighted by atomic mass is 9.88. The molecule has 21 heavy (non-hydrogen) atoms. The highest BCUT2D eigenvalue weighted by Crippen LogP contribution is 2.29. The van der Waals surface area contributed by atoms with E-state index in [0.717, 1.165) is 34.4 Å². The van der Waals surface area contributed by atoms with E-state index in [-0.39, 0.29) is 12.1 Å². The second kappa shape index (κ2) is 7.89. The van der Waals surface area contributed by atoms with Gasteiger partial charge in [-0.1, -0.05) is 49.0 Å². The number of hydrogen-bond acceptors (Lipinski definition) is 6. The van der Waals surface area contributed by atoms with Gasteiger partial charge in [-0.3, -0.25) is 0 Å². The monoisotopic (exact) mass is 323 g/mol. The van der Waals surface area contributed by atoms with E-state index in [9.17, 15) is 5.11 Å². The maximum Gasteiger partial charge on any atom is 0.170 e. The van der Waals surface area contributed by atoms with Crippen LogP contribution >= 0.6 is 23.3 Å². The van der Waals surface area contributed by atoms with Gasteiger partial charge in [-0.15, -0.1) is 0 Å². The summed E-state index contributed by atoms with van der Waals surface area (Å²) in [7, 11) is 0. The maximum atomic E-state index is 9.97. The molecule has 0 fully saturated rings. The molecular weight excluding hydrogens is 302 g/mol. The lowest BCUT2D eigenvalue weighted by Crippen LogP contribution is -2.46. The standard InChI is InChI=1S/C15H21N3OS2/c1-3-16-15(11-19,13-7-5-4-6-8-13)9-10-20-14-17-12(2)18-21-14/h4-8,16,19H,3,9-11H2,1-2H3. The summed E-state index contributed by atoms with van der Waals surface area (Å²) in [5.74, 6) is 1.71. The topological polar surface area (TPSA) is 58.0 Å². The third kappa shape index (κ3) is 4.26. The Balaban J connectivity index is 2.05. The van der Waals surface area contributed by atoms with Crippen LogP contribution in [0.25, 0.3) is 0 Å². The number of thioether (sulfide) groups is 1.